The topological polar surface area (TPSA) is 74.0 Å². The molecule has 27 heavy (non-hydrogen) atoms. The molecule has 0 aliphatic heterocycles. The van der Waals surface area contributed by atoms with Gasteiger partial charge in [0.25, 0.3) is 0 Å². The number of carbonyl (C=O) groups excluding carboxylic acids is 1. The first-order valence-corrected chi connectivity index (χ1v) is 9.34. The smallest absolute Gasteiger partial charge is 0.246 e. The molecule has 1 N–H and O–H groups in total. The Morgan fingerprint density at radius 1 is 1.26 bits per heavy atom. The molecule has 2 heterocycles. The van der Waals surface area contributed by atoms with Gasteiger partial charge in [0.15, 0.2) is 6.73 Å². The van der Waals surface area contributed by atoms with Gasteiger partial charge in [-0.2, -0.15) is 10.2 Å². The van der Waals surface area contributed by atoms with Crippen molar-refractivity contribution in [1.82, 2.24) is 19.6 Å². The van der Waals surface area contributed by atoms with E-state index in [1.807, 2.05) is 39.8 Å². The number of amides is 1. The van der Waals surface area contributed by atoms with E-state index in [4.69, 9.17) is 4.74 Å². The van der Waals surface area contributed by atoms with Gasteiger partial charge in [-0.25, -0.2) is 4.68 Å². The van der Waals surface area contributed by atoms with Crippen LogP contribution >= 0.6 is 15.9 Å². The van der Waals surface area contributed by atoms with Gasteiger partial charge in [-0.1, -0.05) is 17.7 Å². The predicted molar refractivity (Wildman–Crippen MR) is 107 cm³/mol. The minimum atomic E-state index is -0.164. The fourth-order valence-corrected chi connectivity index (χ4v) is 3.05. The fraction of sp³-hybridized carbons (Fsp3) is 0.316. The second-order valence-corrected chi connectivity index (χ2v) is 7.29. The van der Waals surface area contributed by atoms with E-state index in [0.29, 0.717) is 5.69 Å². The van der Waals surface area contributed by atoms with E-state index in [2.05, 4.69) is 37.5 Å². The lowest BCUT2D eigenvalue weighted by atomic mass is 10.1. The van der Waals surface area contributed by atoms with Crippen molar-refractivity contribution in [2.75, 3.05) is 5.32 Å². The van der Waals surface area contributed by atoms with Crippen molar-refractivity contribution in [3.8, 4) is 5.75 Å². The molecule has 1 aromatic carbocycles. The number of halogens is 1. The number of carbonyl (C=O) groups is 1. The molecule has 0 saturated heterocycles. The fourth-order valence-electron chi connectivity index (χ4n) is 2.76. The monoisotopic (exact) mass is 431 g/mol. The minimum absolute atomic E-state index is 0.141. The Hall–Kier alpha value is -2.61. The lowest BCUT2D eigenvalue weighted by Gasteiger charge is -2.09. The molecule has 0 spiro atoms. The number of ether oxygens (including phenoxy) is 1. The number of aromatic nitrogens is 4. The maximum atomic E-state index is 12.3. The SMILES string of the molecule is Cc1ccc(OCn2cc(NC(=O)Cn3nc(C)c(Br)c3C)cn2)c(C)c1. The van der Waals surface area contributed by atoms with E-state index in [9.17, 15) is 4.79 Å². The Balaban J connectivity index is 1.57. The summed E-state index contributed by atoms with van der Waals surface area (Å²) in [5, 5.41) is 11.4. The molecule has 1 amide bonds. The molecule has 0 radical (unpaired) electrons. The van der Waals surface area contributed by atoms with Gasteiger partial charge in [-0.15, -0.1) is 0 Å². The summed E-state index contributed by atoms with van der Waals surface area (Å²) < 4.78 is 10.0. The second-order valence-electron chi connectivity index (χ2n) is 6.50. The van der Waals surface area contributed by atoms with Crippen LogP contribution in [0.2, 0.25) is 0 Å². The third-order valence-electron chi connectivity index (χ3n) is 4.19. The first-order chi connectivity index (χ1) is 12.8. The molecular formula is C19H22BrN5O2. The predicted octanol–water partition coefficient (Wildman–Crippen LogP) is 3.75. The van der Waals surface area contributed by atoms with Gasteiger partial charge in [-0.05, 0) is 55.3 Å². The number of rotatable bonds is 6. The van der Waals surface area contributed by atoms with Crippen LogP contribution in [0.4, 0.5) is 5.69 Å². The van der Waals surface area contributed by atoms with E-state index in [1.165, 1.54) is 5.56 Å². The van der Waals surface area contributed by atoms with Crippen molar-refractivity contribution < 1.29 is 9.53 Å². The first kappa shape index (κ1) is 19.2. The average molecular weight is 432 g/mol. The summed E-state index contributed by atoms with van der Waals surface area (Å²) in [4.78, 5) is 12.3. The molecule has 7 nitrogen and oxygen atoms in total. The Labute approximate surface area is 166 Å². The highest BCUT2D eigenvalue weighted by molar-refractivity contribution is 9.10. The third-order valence-corrected chi connectivity index (χ3v) is 5.33. The molecule has 0 fully saturated rings. The van der Waals surface area contributed by atoms with Crippen LogP contribution in [0, 0.1) is 27.7 Å². The number of nitrogens with one attached hydrogen (secondary N) is 1. The van der Waals surface area contributed by atoms with E-state index in [-0.39, 0.29) is 19.2 Å². The van der Waals surface area contributed by atoms with Crippen molar-refractivity contribution >= 4 is 27.5 Å². The average Bonchev–Trinajstić information content (AvgIpc) is 3.14. The number of benzene rings is 1. The standard InChI is InChI=1S/C19H22BrN5O2/c1-12-5-6-17(13(2)7-12)27-11-24-9-16(8-21-24)22-18(26)10-25-15(4)19(20)14(3)23-25/h5-9H,10-11H2,1-4H3,(H,22,26). The molecule has 3 rings (SSSR count). The van der Waals surface area contributed by atoms with Crippen molar-refractivity contribution in [2.45, 2.75) is 41.0 Å². The van der Waals surface area contributed by atoms with Gasteiger partial charge >= 0.3 is 0 Å². The van der Waals surface area contributed by atoms with Crippen LogP contribution in [-0.4, -0.2) is 25.5 Å². The lowest BCUT2D eigenvalue weighted by Crippen LogP contribution is -2.20. The van der Waals surface area contributed by atoms with Gasteiger partial charge in [0.1, 0.15) is 12.3 Å². The molecule has 0 bridgehead atoms. The zero-order valence-electron chi connectivity index (χ0n) is 15.8. The molecule has 0 aliphatic rings. The maximum Gasteiger partial charge on any atom is 0.246 e. The Kier molecular flexibility index (Phi) is 5.65. The van der Waals surface area contributed by atoms with Crippen LogP contribution in [0.1, 0.15) is 22.5 Å². The molecule has 0 atom stereocenters. The summed E-state index contributed by atoms with van der Waals surface area (Å²) in [5.74, 6) is 0.653. The quantitative estimate of drug-likeness (QED) is 0.644. The molecule has 142 valence electrons. The highest BCUT2D eigenvalue weighted by Crippen LogP contribution is 2.20. The Morgan fingerprint density at radius 2 is 2.04 bits per heavy atom. The zero-order valence-corrected chi connectivity index (χ0v) is 17.4. The highest BCUT2D eigenvalue weighted by Gasteiger charge is 2.12. The van der Waals surface area contributed by atoms with Crippen LogP contribution in [0.5, 0.6) is 5.75 Å². The third kappa shape index (κ3) is 4.57. The molecular weight excluding hydrogens is 410 g/mol. The number of hydrogen-bond donors (Lipinski definition) is 1. The van der Waals surface area contributed by atoms with E-state index < -0.39 is 0 Å². The summed E-state index contributed by atoms with van der Waals surface area (Å²) in [6.45, 7) is 8.27. The zero-order chi connectivity index (χ0) is 19.6. The van der Waals surface area contributed by atoms with E-state index >= 15 is 0 Å². The molecule has 0 saturated carbocycles. The maximum absolute atomic E-state index is 12.3. The van der Waals surface area contributed by atoms with Gasteiger partial charge in [-0.3, -0.25) is 9.48 Å². The van der Waals surface area contributed by atoms with Crippen molar-refractivity contribution in [3.63, 3.8) is 0 Å². The van der Waals surface area contributed by atoms with Gasteiger partial charge in [0, 0.05) is 0 Å². The summed E-state index contributed by atoms with van der Waals surface area (Å²) in [5.41, 5.74) is 4.66. The normalized spacial score (nSPS) is 10.9. The van der Waals surface area contributed by atoms with Crippen LogP contribution in [-0.2, 0) is 18.1 Å². The van der Waals surface area contributed by atoms with E-state index in [0.717, 1.165) is 27.2 Å². The summed E-state index contributed by atoms with van der Waals surface area (Å²) >= 11 is 3.46. The van der Waals surface area contributed by atoms with Crippen molar-refractivity contribution in [2.24, 2.45) is 0 Å². The van der Waals surface area contributed by atoms with E-state index in [1.54, 1.807) is 21.8 Å². The van der Waals surface area contributed by atoms with Crippen molar-refractivity contribution in [1.29, 1.82) is 0 Å². The van der Waals surface area contributed by atoms with Crippen LogP contribution in [0.3, 0.4) is 0 Å². The van der Waals surface area contributed by atoms with Gasteiger partial charge in [0.05, 0.1) is 33.9 Å². The largest absolute Gasteiger partial charge is 0.471 e. The summed E-state index contributed by atoms with van der Waals surface area (Å²) in [6, 6.07) is 6.03. The Bertz CT molecular complexity index is 977. The second kappa shape index (κ2) is 7.96. The molecule has 3 aromatic rings. The Morgan fingerprint density at radius 3 is 2.70 bits per heavy atom. The first-order valence-electron chi connectivity index (χ1n) is 8.55. The molecule has 0 unspecified atom stereocenters. The molecule has 0 aliphatic carbocycles. The number of aryl methyl sites for hydroxylation is 3. The summed E-state index contributed by atoms with van der Waals surface area (Å²) in [7, 11) is 0. The van der Waals surface area contributed by atoms with Crippen LogP contribution in [0.25, 0.3) is 0 Å². The van der Waals surface area contributed by atoms with Crippen LogP contribution in [0.15, 0.2) is 35.1 Å². The molecule has 2 aromatic heterocycles. The number of anilines is 1. The number of nitrogens with zero attached hydrogens (tertiary/aromatic N) is 4. The van der Waals surface area contributed by atoms with Gasteiger partial charge < -0.3 is 10.1 Å². The van der Waals surface area contributed by atoms with Crippen LogP contribution < -0.4 is 10.1 Å². The number of hydrogen-bond acceptors (Lipinski definition) is 4. The van der Waals surface area contributed by atoms with Crippen molar-refractivity contribution in [3.05, 3.63) is 57.6 Å². The molecule has 8 heteroatoms. The highest BCUT2D eigenvalue weighted by atomic mass is 79.9. The summed E-state index contributed by atoms with van der Waals surface area (Å²) in [6.07, 6.45) is 3.33. The van der Waals surface area contributed by atoms with Gasteiger partial charge in [0.2, 0.25) is 5.91 Å². The minimum Gasteiger partial charge on any atom is -0.471 e. The lowest BCUT2D eigenvalue weighted by molar-refractivity contribution is -0.116.